The van der Waals surface area contributed by atoms with Crippen molar-refractivity contribution in [2.24, 2.45) is 5.73 Å². The van der Waals surface area contributed by atoms with E-state index in [9.17, 15) is 0 Å². The molecule has 2 rings (SSSR count). The van der Waals surface area contributed by atoms with E-state index < -0.39 is 0 Å². The summed E-state index contributed by atoms with van der Waals surface area (Å²) in [5, 5.41) is 0. The van der Waals surface area contributed by atoms with E-state index in [4.69, 9.17) is 10.5 Å². The SMILES string of the molecule is NC(COc1ccc(Br)cc1Br)c1ccccc1. The van der Waals surface area contributed by atoms with E-state index >= 15 is 0 Å². The van der Waals surface area contributed by atoms with E-state index in [0.29, 0.717) is 6.61 Å². The zero-order valence-corrected chi connectivity index (χ0v) is 12.8. The van der Waals surface area contributed by atoms with Gasteiger partial charge in [0.25, 0.3) is 0 Å². The third-order valence-corrected chi connectivity index (χ3v) is 3.65. The Balaban J connectivity index is 1.99. The van der Waals surface area contributed by atoms with Gasteiger partial charge in [-0.15, -0.1) is 0 Å². The lowest BCUT2D eigenvalue weighted by molar-refractivity contribution is 0.289. The summed E-state index contributed by atoms with van der Waals surface area (Å²) in [5.74, 6) is 0.796. The second-order valence-corrected chi connectivity index (χ2v) is 5.67. The van der Waals surface area contributed by atoms with Crippen LogP contribution >= 0.6 is 31.9 Å². The molecule has 0 bridgehead atoms. The first-order valence-electron chi connectivity index (χ1n) is 5.55. The largest absolute Gasteiger partial charge is 0.490 e. The monoisotopic (exact) mass is 369 g/mol. The number of rotatable bonds is 4. The fraction of sp³-hybridized carbons (Fsp3) is 0.143. The first-order valence-corrected chi connectivity index (χ1v) is 7.14. The summed E-state index contributed by atoms with van der Waals surface area (Å²) in [5.41, 5.74) is 7.15. The highest BCUT2D eigenvalue weighted by Gasteiger charge is 2.08. The van der Waals surface area contributed by atoms with Crippen LogP contribution in [0.2, 0.25) is 0 Å². The smallest absolute Gasteiger partial charge is 0.133 e. The molecule has 0 heterocycles. The lowest BCUT2D eigenvalue weighted by atomic mass is 10.1. The predicted octanol–water partition coefficient (Wildman–Crippen LogP) is 4.29. The van der Waals surface area contributed by atoms with Gasteiger partial charge in [0.1, 0.15) is 12.4 Å². The van der Waals surface area contributed by atoms with Crippen LogP contribution in [-0.2, 0) is 0 Å². The number of halogens is 2. The molecule has 0 aromatic heterocycles. The molecule has 4 heteroatoms. The molecule has 2 nitrogen and oxygen atoms in total. The topological polar surface area (TPSA) is 35.2 Å². The van der Waals surface area contributed by atoms with E-state index in [1.807, 2.05) is 48.5 Å². The minimum Gasteiger partial charge on any atom is -0.490 e. The zero-order chi connectivity index (χ0) is 13.0. The minimum atomic E-state index is -0.123. The molecule has 18 heavy (non-hydrogen) atoms. The molecule has 94 valence electrons. The maximum Gasteiger partial charge on any atom is 0.133 e. The van der Waals surface area contributed by atoms with Crippen molar-refractivity contribution in [2.75, 3.05) is 6.61 Å². The molecule has 0 aliphatic carbocycles. The molecule has 2 N–H and O–H groups in total. The van der Waals surface area contributed by atoms with Gasteiger partial charge in [0, 0.05) is 4.47 Å². The third kappa shape index (κ3) is 3.57. The van der Waals surface area contributed by atoms with E-state index in [-0.39, 0.29) is 6.04 Å². The molecule has 0 saturated heterocycles. The second-order valence-electron chi connectivity index (χ2n) is 3.90. The van der Waals surface area contributed by atoms with Gasteiger partial charge in [-0.05, 0) is 39.7 Å². The molecule has 0 aliphatic rings. The normalized spacial score (nSPS) is 12.2. The molecule has 1 atom stereocenters. The summed E-state index contributed by atoms with van der Waals surface area (Å²) in [6.45, 7) is 0.449. The van der Waals surface area contributed by atoms with Gasteiger partial charge in [0.05, 0.1) is 10.5 Å². The molecule has 2 aromatic carbocycles. The molecular weight excluding hydrogens is 358 g/mol. The van der Waals surface area contributed by atoms with Crippen LogP contribution in [0.15, 0.2) is 57.5 Å². The molecular formula is C14H13Br2NO. The van der Waals surface area contributed by atoms with Crippen LogP contribution in [0.1, 0.15) is 11.6 Å². The van der Waals surface area contributed by atoms with Crippen LogP contribution < -0.4 is 10.5 Å². The summed E-state index contributed by atoms with van der Waals surface area (Å²) in [6, 6.07) is 15.6. The maximum absolute atomic E-state index is 6.07. The second kappa shape index (κ2) is 6.36. The van der Waals surface area contributed by atoms with Gasteiger partial charge in [0.2, 0.25) is 0 Å². The Kier molecular flexibility index (Phi) is 4.80. The highest BCUT2D eigenvalue weighted by Crippen LogP contribution is 2.28. The van der Waals surface area contributed by atoms with Crippen molar-refractivity contribution in [3.05, 3.63) is 63.0 Å². The Bertz CT molecular complexity index is 516. The van der Waals surface area contributed by atoms with Crippen molar-refractivity contribution in [3.8, 4) is 5.75 Å². The van der Waals surface area contributed by atoms with Crippen molar-refractivity contribution >= 4 is 31.9 Å². The average Bonchev–Trinajstić information content (AvgIpc) is 2.38. The predicted molar refractivity (Wildman–Crippen MR) is 80.7 cm³/mol. The Hall–Kier alpha value is -0.840. The number of nitrogens with two attached hydrogens (primary N) is 1. The van der Waals surface area contributed by atoms with Gasteiger partial charge in [-0.1, -0.05) is 46.3 Å². The molecule has 0 amide bonds. The lowest BCUT2D eigenvalue weighted by Crippen LogP contribution is -2.18. The van der Waals surface area contributed by atoms with Gasteiger partial charge >= 0.3 is 0 Å². The Morgan fingerprint density at radius 2 is 1.78 bits per heavy atom. The van der Waals surface area contributed by atoms with Crippen molar-refractivity contribution in [1.29, 1.82) is 0 Å². The van der Waals surface area contributed by atoms with Crippen LogP contribution in [-0.4, -0.2) is 6.61 Å². The van der Waals surface area contributed by atoms with Crippen molar-refractivity contribution in [1.82, 2.24) is 0 Å². The van der Waals surface area contributed by atoms with Crippen molar-refractivity contribution < 1.29 is 4.74 Å². The number of hydrogen-bond acceptors (Lipinski definition) is 2. The third-order valence-electron chi connectivity index (χ3n) is 2.54. The Labute approximate surface area is 123 Å². The highest BCUT2D eigenvalue weighted by atomic mass is 79.9. The number of benzene rings is 2. The maximum atomic E-state index is 6.07. The van der Waals surface area contributed by atoms with Crippen LogP contribution in [0.4, 0.5) is 0 Å². The molecule has 0 saturated carbocycles. The minimum absolute atomic E-state index is 0.123. The lowest BCUT2D eigenvalue weighted by Gasteiger charge is -2.14. The summed E-state index contributed by atoms with van der Waals surface area (Å²) in [6.07, 6.45) is 0. The number of hydrogen-bond donors (Lipinski definition) is 1. The summed E-state index contributed by atoms with van der Waals surface area (Å²) in [7, 11) is 0. The molecule has 1 unspecified atom stereocenters. The van der Waals surface area contributed by atoms with Gasteiger partial charge < -0.3 is 10.5 Å². The molecule has 2 aromatic rings. The first-order chi connectivity index (χ1) is 8.66. The van der Waals surface area contributed by atoms with Crippen molar-refractivity contribution in [2.45, 2.75) is 6.04 Å². The quantitative estimate of drug-likeness (QED) is 0.871. The fourth-order valence-electron chi connectivity index (χ4n) is 1.57. The first kappa shape index (κ1) is 13.6. The van der Waals surface area contributed by atoms with E-state index in [2.05, 4.69) is 31.9 Å². The number of ether oxygens (including phenoxy) is 1. The van der Waals surface area contributed by atoms with E-state index in [1.54, 1.807) is 0 Å². The van der Waals surface area contributed by atoms with E-state index in [0.717, 1.165) is 20.3 Å². The van der Waals surface area contributed by atoms with Crippen LogP contribution in [0.5, 0.6) is 5.75 Å². The molecule has 0 fully saturated rings. The Morgan fingerprint density at radius 1 is 1.06 bits per heavy atom. The standard InChI is InChI=1S/C14H13Br2NO/c15-11-6-7-14(12(16)8-11)18-9-13(17)10-4-2-1-3-5-10/h1-8,13H,9,17H2. The van der Waals surface area contributed by atoms with Crippen LogP contribution in [0, 0.1) is 0 Å². The van der Waals surface area contributed by atoms with Gasteiger partial charge in [-0.2, -0.15) is 0 Å². The average molecular weight is 371 g/mol. The summed E-state index contributed by atoms with van der Waals surface area (Å²) >= 11 is 6.86. The fourth-order valence-corrected chi connectivity index (χ4v) is 2.73. The van der Waals surface area contributed by atoms with E-state index in [1.165, 1.54) is 0 Å². The molecule has 0 radical (unpaired) electrons. The zero-order valence-electron chi connectivity index (χ0n) is 9.64. The Morgan fingerprint density at radius 3 is 2.44 bits per heavy atom. The molecule has 0 spiro atoms. The van der Waals surface area contributed by atoms with Crippen molar-refractivity contribution in [3.63, 3.8) is 0 Å². The van der Waals surface area contributed by atoms with Crippen LogP contribution in [0.25, 0.3) is 0 Å². The van der Waals surface area contributed by atoms with Crippen LogP contribution in [0.3, 0.4) is 0 Å². The van der Waals surface area contributed by atoms with Gasteiger partial charge in [-0.25, -0.2) is 0 Å². The summed E-state index contributed by atoms with van der Waals surface area (Å²) < 4.78 is 7.64. The molecule has 0 aliphatic heterocycles. The highest BCUT2D eigenvalue weighted by molar-refractivity contribution is 9.11. The summed E-state index contributed by atoms with van der Waals surface area (Å²) in [4.78, 5) is 0. The van der Waals surface area contributed by atoms with Gasteiger partial charge in [0.15, 0.2) is 0 Å². The van der Waals surface area contributed by atoms with Gasteiger partial charge in [-0.3, -0.25) is 0 Å².